The van der Waals surface area contributed by atoms with E-state index in [-0.39, 0.29) is 11.8 Å². The molecule has 2 aromatic heterocycles. The first-order valence-corrected chi connectivity index (χ1v) is 11.5. The number of hydrogen-bond donors (Lipinski definition) is 2. The van der Waals surface area contributed by atoms with Crippen LogP contribution < -0.4 is 10.6 Å². The van der Waals surface area contributed by atoms with Gasteiger partial charge in [0.2, 0.25) is 0 Å². The van der Waals surface area contributed by atoms with E-state index in [4.69, 9.17) is 0 Å². The molecule has 160 valence electrons. The fourth-order valence-corrected chi connectivity index (χ4v) is 4.50. The van der Waals surface area contributed by atoms with E-state index in [1.165, 1.54) is 29.9 Å². The van der Waals surface area contributed by atoms with Crippen LogP contribution in [-0.2, 0) is 13.0 Å². The van der Waals surface area contributed by atoms with E-state index in [0.717, 1.165) is 30.0 Å². The van der Waals surface area contributed by atoms with Gasteiger partial charge in [0, 0.05) is 40.9 Å². The fourth-order valence-electron chi connectivity index (χ4n) is 3.88. The van der Waals surface area contributed by atoms with Crippen LogP contribution in [0.2, 0.25) is 0 Å². The Morgan fingerprint density at radius 2 is 1.59 bits per heavy atom. The molecule has 1 aliphatic rings. The van der Waals surface area contributed by atoms with Gasteiger partial charge in [-0.15, -0.1) is 11.3 Å². The number of hydrogen-bond acceptors (Lipinski definition) is 4. The van der Waals surface area contributed by atoms with Crippen LogP contribution in [0.1, 0.15) is 38.6 Å². The smallest absolute Gasteiger partial charge is 0.265 e. The zero-order valence-electron chi connectivity index (χ0n) is 17.4. The predicted octanol–water partition coefficient (Wildman–Crippen LogP) is 5.45. The minimum atomic E-state index is -0.202. The molecule has 0 radical (unpaired) electrons. The molecule has 3 heterocycles. The van der Waals surface area contributed by atoms with Crippen molar-refractivity contribution >= 4 is 34.5 Å². The van der Waals surface area contributed by atoms with Gasteiger partial charge in [0.25, 0.3) is 11.8 Å². The minimum absolute atomic E-state index is 0.156. The molecule has 0 bridgehead atoms. The van der Waals surface area contributed by atoms with Crippen LogP contribution >= 0.6 is 11.3 Å². The van der Waals surface area contributed by atoms with Gasteiger partial charge in [-0.05, 0) is 79.2 Å². The standard InChI is InChI=1S/C25H22N4O2S/c30-24(18-8-12-20(13-9-18)28-25(31)22-5-3-15-32-22)27-19-10-6-17(7-11-19)23-26-16-21-4-1-2-14-29(21)23/h3,5-13,15-16H,1-2,4,14H2,(H,27,30)(H,28,31). The predicted molar refractivity (Wildman–Crippen MR) is 127 cm³/mol. The van der Waals surface area contributed by atoms with Crippen molar-refractivity contribution in [1.82, 2.24) is 9.55 Å². The number of thiophene rings is 1. The Labute approximate surface area is 189 Å². The van der Waals surface area contributed by atoms with E-state index in [0.29, 0.717) is 16.1 Å². The molecule has 2 N–H and O–H groups in total. The van der Waals surface area contributed by atoms with Gasteiger partial charge in [-0.25, -0.2) is 4.98 Å². The summed E-state index contributed by atoms with van der Waals surface area (Å²) in [7, 11) is 0. The second kappa shape index (κ2) is 8.80. The maximum atomic E-state index is 12.6. The number of aryl methyl sites for hydroxylation is 1. The number of carbonyl (C=O) groups is 2. The number of rotatable bonds is 5. The summed E-state index contributed by atoms with van der Waals surface area (Å²) in [6.45, 7) is 1.01. The third-order valence-electron chi connectivity index (χ3n) is 5.55. The van der Waals surface area contributed by atoms with Gasteiger partial charge in [-0.2, -0.15) is 0 Å². The second-order valence-corrected chi connectivity index (χ2v) is 8.67. The van der Waals surface area contributed by atoms with Crippen LogP contribution in [0.25, 0.3) is 11.4 Å². The summed E-state index contributed by atoms with van der Waals surface area (Å²) in [6.07, 6.45) is 5.45. The second-order valence-electron chi connectivity index (χ2n) is 7.72. The molecule has 5 rings (SSSR count). The highest BCUT2D eigenvalue weighted by Gasteiger charge is 2.15. The lowest BCUT2D eigenvalue weighted by molar-refractivity contribution is 0.102. The lowest BCUT2D eigenvalue weighted by Crippen LogP contribution is -2.13. The number of nitrogens with one attached hydrogen (secondary N) is 2. The van der Waals surface area contributed by atoms with Crippen molar-refractivity contribution < 1.29 is 9.59 Å². The molecule has 2 amide bonds. The van der Waals surface area contributed by atoms with E-state index in [1.807, 2.05) is 41.9 Å². The molecular formula is C25H22N4O2S. The van der Waals surface area contributed by atoms with Crippen molar-refractivity contribution in [3.05, 3.63) is 88.4 Å². The number of fused-ring (bicyclic) bond motifs is 1. The number of nitrogens with zero attached hydrogens (tertiary/aromatic N) is 2. The normalized spacial score (nSPS) is 12.8. The fraction of sp³-hybridized carbons (Fsp3) is 0.160. The molecule has 4 aromatic rings. The first kappa shape index (κ1) is 20.2. The topological polar surface area (TPSA) is 76.0 Å². The molecule has 0 atom stereocenters. The van der Waals surface area contributed by atoms with Gasteiger partial charge < -0.3 is 15.2 Å². The Hall–Kier alpha value is -3.71. The monoisotopic (exact) mass is 442 g/mol. The molecule has 0 unspecified atom stereocenters. The first-order valence-electron chi connectivity index (χ1n) is 10.6. The molecule has 0 saturated carbocycles. The molecule has 7 heteroatoms. The molecule has 0 saturated heterocycles. The zero-order chi connectivity index (χ0) is 21.9. The van der Waals surface area contributed by atoms with Crippen LogP contribution in [-0.4, -0.2) is 21.4 Å². The maximum Gasteiger partial charge on any atom is 0.265 e. The highest BCUT2D eigenvalue weighted by Crippen LogP contribution is 2.26. The van der Waals surface area contributed by atoms with Crippen LogP contribution in [0.15, 0.2) is 72.2 Å². The van der Waals surface area contributed by atoms with Gasteiger partial charge >= 0.3 is 0 Å². The van der Waals surface area contributed by atoms with Gasteiger partial charge in [0.1, 0.15) is 5.82 Å². The number of aromatic nitrogens is 2. The molecule has 32 heavy (non-hydrogen) atoms. The molecule has 2 aromatic carbocycles. The van der Waals surface area contributed by atoms with Gasteiger partial charge in [0.05, 0.1) is 4.88 Å². The summed E-state index contributed by atoms with van der Waals surface area (Å²) in [4.78, 5) is 30.0. The van der Waals surface area contributed by atoms with E-state index in [9.17, 15) is 9.59 Å². The van der Waals surface area contributed by atoms with Gasteiger partial charge in [-0.3, -0.25) is 9.59 Å². The zero-order valence-corrected chi connectivity index (χ0v) is 18.2. The summed E-state index contributed by atoms with van der Waals surface area (Å²) >= 11 is 1.38. The van der Waals surface area contributed by atoms with Crippen LogP contribution in [0.3, 0.4) is 0 Å². The molecule has 0 aliphatic carbocycles. The van der Waals surface area contributed by atoms with Crippen molar-refractivity contribution in [2.75, 3.05) is 10.6 Å². The van der Waals surface area contributed by atoms with Crippen molar-refractivity contribution in [2.24, 2.45) is 0 Å². The summed E-state index contributed by atoms with van der Waals surface area (Å²) in [5, 5.41) is 7.62. The molecule has 6 nitrogen and oxygen atoms in total. The third-order valence-corrected chi connectivity index (χ3v) is 6.42. The molecule has 0 fully saturated rings. The highest BCUT2D eigenvalue weighted by atomic mass is 32.1. The first-order chi connectivity index (χ1) is 15.7. The van der Waals surface area contributed by atoms with Crippen molar-refractivity contribution in [3.63, 3.8) is 0 Å². The average Bonchev–Trinajstić information content (AvgIpc) is 3.51. The van der Waals surface area contributed by atoms with Gasteiger partial charge in [0.15, 0.2) is 0 Å². The highest BCUT2D eigenvalue weighted by molar-refractivity contribution is 7.12. The maximum absolute atomic E-state index is 12.6. The lowest BCUT2D eigenvalue weighted by Gasteiger charge is -2.16. The quantitative estimate of drug-likeness (QED) is 0.431. The Morgan fingerprint density at radius 3 is 2.31 bits per heavy atom. The molecular weight excluding hydrogens is 420 g/mol. The number of benzene rings is 2. The summed E-state index contributed by atoms with van der Waals surface area (Å²) in [6, 6.07) is 18.2. The van der Waals surface area contributed by atoms with Crippen LogP contribution in [0.5, 0.6) is 0 Å². The van der Waals surface area contributed by atoms with Crippen LogP contribution in [0.4, 0.5) is 11.4 Å². The largest absolute Gasteiger partial charge is 0.328 e. The number of carbonyl (C=O) groups excluding carboxylic acids is 2. The minimum Gasteiger partial charge on any atom is -0.328 e. The van der Waals surface area contributed by atoms with Crippen molar-refractivity contribution in [2.45, 2.75) is 25.8 Å². The van der Waals surface area contributed by atoms with E-state index >= 15 is 0 Å². The average molecular weight is 443 g/mol. The van der Waals surface area contributed by atoms with E-state index in [2.05, 4.69) is 20.2 Å². The number of amides is 2. The summed E-state index contributed by atoms with van der Waals surface area (Å²) in [5.74, 6) is 0.626. The third kappa shape index (κ3) is 4.20. The Balaban J connectivity index is 1.23. The van der Waals surface area contributed by atoms with E-state index in [1.54, 1.807) is 30.3 Å². The lowest BCUT2D eigenvalue weighted by atomic mass is 10.1. The number of anilines is 2. The number of imidazole rings is 1. The Morgan fingerprint density at radius 1 is 0.875 bits per heavy atom. The van der Waals surface area contributed by atoms with E-state index < -0.39 is 0 Å². The van der Waals surface area contributed by atoms with Crippen molar-refractivity contribution in [1.29, 1.82) is 0 Å². The van der Waals surface area contributed by atoms with Crippen molar-refractivity contribution in [3.8, 4) is 11.4 Å². The summed E-state index contributed by atoms with van der Waals surface area (Å²) < 4.78 is 2.29. The van der Waals surface area contributed by atoms with Gasteiger partial charge in [-0.1, -0.05) is 6.07 Å². The Kier molecular flexibility index (Phi) is 5.56. The SMILES string of the molecule is O=C(Nc1ccc(-c2ncc3n2CCCC3)cc1)c1ccc(NC(=O)c2cccs2)cc1. The summed E-state index contributed by atoms with van der Waals surface area (Å²) in [5.41, 5.74) is 4.22. The molecule has 1 aliphatic heterocycles. The Bertz CT molecular complexity index is 1240. The molecule has 0 spiro atoms. The van der Waals surface area contributed by atoms with Crippen LogP contribution in [0, 0.1) is 0 Å².